The lowest BCUT2D eigenvalue weighted by molar-refractivity contribution is -0.118. The fourth-order valence-corrected chi connectivity index (χ4v) is 6.50. The first-order valence-corrected chi connectivity index (χ1v) is 14.5. The van der Waals surface area contributed by atoms with Crippen molar-refractivity contribution in [2.24, 2.45) is 5.92 Å². The SMILES string of the molecule is COc1ccc2nc(NC(=O)C(CC3CCCC3)c3ccc(S(=O)(=O)NCc4ccco4)cc3)sc2n1. The third kappa shape index (κ3) is 6.00. The Balaban J connectivity index is 1.34. The minimum absolute atomic E-state index is 0.0622. The topological polar surface area (TPSA) is 123 Å². The monoisotopic (exact) mass is 540 g/mol. The predicted molar refractivity (Wildman–Crippen MR) is 141 cm³/mol. The van der Waals surface area contributed by atoms with Crippen molar-refractivity contribution in [3.05, 3.63) is 66.1 Å². The maximum absolute atomic E-state index is 13.5. The van der Waals surface area contributed by atoms with E-state index in [-0.39, 0.29) is 17.3 Å². The molecule has 194 valence electrons. The number of furan rings is 1. The van der Waals surface area contributed by atoms with E-state index in [1.54, 1.807) is 49.6 Å². The molecule has 4 aromatic rings. The molecule has 3 heterocycles. The van der Waals surface area contributed by atoms with Crippen molar-refractivity contribution in [3.63, 3.8) is 0 Å². The zero-order valence-corrected chi connectivity index (χ0v) is 22.0. The van der Waals surface area contributed by atoms with E-state index in [9.17, 15) is 13.2 Å². The van der Waals surface area contributed by atoms with Gasteiger partial charge in [-0.05, 0) is 48.2 Å². The predicted octanol–water partition coefficient (Wildman–Crippen LogP) is 5.07. The molecule has 2 N–H and O–H groups in total. The van der Waals surface area contributed by atoms with Gasteiger partial charge in [-0.25, -0.2) is 23.1 Å². The second-order valence-electron chi connectivity index (χ2n) is 9.10. The first-order valence-electron chi connectivity index (χ1n) is 12.2. The summed E-state index contributed by atoms with van der Waals surface area (Å²) in [7, 11) is -2.17. The van der Waals surface area contributed by atoms with Gasteiger partial charge >= 0.3 is 0 Å². The molecule has 1 amide bonds. The number of nitrogens with zero attached hydrogens (tertiary/aromatic N) is 2. The summed E-state index contributed by atoms with van der Waals surface area (Å²) in [6, 6.07) is 13.5. The van der Waals surface area contributed by atoms with Crippen LogP contribution in [0.15, 0.2) is 64.1 Å². The summed E-state index contributed by atoms with van der Waals surface area (Å²) < 4.78 is 38.4. The van der Waals surface area contributed by atoms with Crippen molar-refractivity contribution >= 4 is 42.7 Å². The number of sulfonamides is 1. The lowest BCUT2D eigenvalue weighted by Crippen LogP contribution is -2.24. The molecular formula is C26H28N4O5S2. The zero-order valence-electron chi connectivity index (χ0n) is 20.3. The van der Waals surface area contributed by atoms with Gasteiger partial charge in [0.15, 0.2) is 5.13 Å². The summed E-state index contributed by atoms with van der Waals surface area (Å²) in [5.74, 6) is 0.879. The summed E-state index contributed by atoms with van der Waals surface area (Å²) in [5, 5.41) is 3.44. The van der Waals surface area contributed by atoms with Gasteiger partial charge in [-0.2, -0.15) is 0 Å². The number of rotatable bonds is 10. The molecule has 0 saturated heterocycles. The van der Waals surface area contributed by atoms with Crippen LogP contribution >= 0.6 is 11.3 Å². The van der Waals surface area contributed by atoms with Gasteiger partial charge in [0, 0.05) is 6.07 Å². The smallest absolute Gasteiger partial charge is 0.240 e. The molecule has 9 nitrogen and oxygen atoms in total. The van der Waals surface area contributed by atoms with Gasteiger partial charge in [0.25, 0.3) is 0 Å². The average Bonchev–Trinajstić information content (AvgIpc) is 3.68. The van der Waals surface area contributed by atoms with E-state index in [1.165, 1.54) is 30.4 Å². The number of hydrogen-bond donors (Lipinski definition) is 2. The highest BCUT2D eigenvalue weighted by atomic mass is 32.2. The summed E-state index contributed by atoms with van der Waals surface area (Å²) in [5.41, 5.74) is 1.46. The zero-order chi connectivity index (χ0) is 25.8. The molecule has 5 rings (SSSR count). The largest absolute Gasteiger partial charge is 0.481 e. The summed E-state index contributed by atoms with van der Waals surface area (Å²) in [6.07, 6.45) is 6.72. The van der Waals surface area contributed by atoms with Crippen LogP contribution in [-0.4, -0.2) is 31.4 Å². The Morgan fingerprint density at radius 2 is 1.92 bits per heavy atom. The molecule has 11 heteroatoms. The van der Waals surface area contributed by atoms with Crippen LogP contribution < -0.4 is 14.8 Å². The number of hydrogen-bond acceptors (Lipinski definition) is 8. The number of thiazole rings is 1. The Bertz CT molecular complexity index is 1460. The minimum atomic E-state index is -3.73. The molecule has 1 aliphatic rings. The van der Waals surface area contributed by atoms with Crippen LogP contribution in [0.25, 0.3) is 10.3 Å². The van der Waals surface area contributed by atoms with Crippen molar-refractivity contribution in [1.82, 2.24) is 14.7 Å². The van der Waals surface area contributed by atoms with Gasteiger partial charge in [0.2, 0.25) is 21.8 Å². The highest BCUT2D eigenvalue weighted by molar-refractivity contribution is 7.89. The quantitative estimate of drug-likeness (QED) is 0.288. The molecule has 1 aromatic carbocycles. The molecule has 1 atom stereocenters. The number of carbonyl (C=O) groups is 1. The molecule has 0 spiro atoms. The maximum atomic E-state index is 13.5. The number of benzene rings is 1. The number of carbonyl (C=O) groups excluding carboxylic acids is 1. The standard InChI is InChI=1S/C26H28N4O5S2/c1-34-23-13-12-22-25(29-23)36-26(28-22)30-24(31)21(15-17-5-2-3-6-17)18-8-10-20(11-9-18)37(32,33)27-16-19-7-4-14-35-19/h4,7-14,17,21,27H,2-3,5-6,15-16H2,1H3,(H,28,30,31). The second kappa shape index (κ2) is 11.0. The molecule has 1 saturated carbocycles. The van der Waals surface area contributed by atoms with Gasteiger partial charge in [0.1, 0.15) is 16.1 Å². The molecule has 1 aliphatic carbocycles. The summed E-state index contributed by atoms with van der Waals surface area (Å²) in [6.45, 7) is 0.0622. The van der Waals surface area contributed by atoms with Crippen molar-refractivity contribution in [2.75, 3.05) is 12.4 Å². The fraction of sp³-hybridized carbons (Fsp3) is 0.346. The Kier molecular flexibility index (Phi) is 7.54. The molecule has 0 bridgehead atoms. The Labute approximate surface area is 219 Å². The highest BCUT2D eigenvalue weighted by Gasteiger charge is 2.28. The molecule has 1 unspecified atom stereocenters. The number of nitrogens with one attached hydrogen (secondary N) is 2. The number of anilines is 1. The van der Waals surface area contributed by atoms with E-state index in [4.69, 9.17) is 9.15 Å². The van der Waals surface area contributed by atoms with Crippen LogP contribution in [0.1, 0.15) is 49.3 Å². The normalized spacial score (nSPS) is 15.2. The van der Waals surface area contributed by atoms with Crippen molar-refractivity contribution in [1.29, 1.82) is 0 Å². The first kappa shape index (κ1) is 25.4. The number of aromatic nitrogens is 2. The maximum Gasteiger partial charge on any atom is 0.240 e. The van der Waals surface area contributed by atoms with E-state index in [0.717, 1.165) is 18.4 Å². The van der Waals surface area contributed by atoms with E-state index in [0.29, 0.717) is 39.5 Å². The Morgan fingerprint density at radius 3 is 2.62 bits per heavy atom. The average molecular weight is 541 g/mol. The number of amides is 1. The fourth-order valence-electron chi connectivity index (χ4n) is 4.68. The number of ether oxygens (including phenoxy) is 1. The Morgan fingerprint density at radius 1 is 1.14 bits per heavy atom. The number of methoxy groups -OCH3 is 1. The van der Waals surface area contributed by atoms with E-state index in [1.807, 2.05) is 6.07 Å². The van der Waals surface area contributed by atoms with Crippen LogP contribution in [0.3, 0.4) is 0 Å². The molecule has 0 aliphatic heterocycles. The molecule has 37 heavy (non-hydrogen) atoms. The van der Waals surface area contributed by atoms with Crippen molar-refractivity contribution in [3.8, 4) is 5.88 Å². The van der Waals surface area contributed by atoms with E-state index >= 15 is 0 Å². The molecule has 3 aromatic heterocycles. The summed E-state index contributed by atoms with van der Waals surface area (Å²) >= 11 is 1.29. The van der Waals surface area contributed by atoms with Gasteiger partial charge in [-0.3, -0.25) is 4.79 Å². The van der Waals surface area contributed by atoms with Gasteiger partial charge in [-0.15, -0.1) is 0 Å². The van der Waals surface area contributed by atoms with Crippen LogP contribution in [0.2, 0.25) is 0 Å². The van der Waals surface area contributed by atoms with Crippen molar-refractivity contribution < 1.29 is 22.4 Å². The van der Waals surface area contributed by atoms with E-state index < -0.39 is 15.9 Å². The first-order chi connectivity index (χ1) is 17.9. The van der Waals surface area contributed by atoms with Gasteiger partial charge < -0.3 is 14.5 Å². The second-order valence-corrected chi connectivity index (χ2v) is 11.8. The molecule has 0 radical (unpaired) electrons. The van der Waals surface area contributed by atoms with Crippen LogP contribution in [-0.2, 0) is 21.4 Å². The van der Waals surface area contributed by atoms with Gasteiger partial charge in [0.05, 0.1) is 30.7 Å². The molecule has 1 fully saturated rings. The Hall–Kier alpha value is -3.28. The highest BCUT2D eigenvalue weighted by Crippen LogP contribution is 2.36. The third-order valence-electron chi connectivity index (χ3n) is 6.64. The lowest BCUT2D eigenvalue weighted by atomic mass is 9.87. The number of pyridine rings is 1. The van der Waals surface area contributed by atoms with Gasteiger partial charge in [-0.1, -0.05) is 49.2 Å². The summed E-state index contributed by atoms with van der Waals surface area (Å²) in [4.78, 5) is 23.2. The van der Waals surface area contributed by atoms with Crippen LogP contribution in [0, 0.1) is 5.92 Å². The minimum Gasteiger partial charge on any atom is -0.481 e. The van der Waals surface area contributed by atoms with E-state index in [2.05, 4.69) is 20.0 Å². The van der Waals surface area contributed by atoms with Crippen molar-refractivity contribution in [2.45, 2.75) is 49.5 Å². The third-order valence-corrected chi connectivity index (χ3v) is 8.94. The number of fused-ring (bicyclic) bond motifs is 1. The van der Waals surface area contributed by atoms with Crippen LogP contribution in [0.4, 0.5) is 5.13 Å². The molecular weight excluding hydrogens is 512 g/mol. The lowest BCUT2D eigenvalue weighted by Gasteiger charge is -2.20. The van der Waals surface area contributed by atoms with Crippen LogP contribution in [0.5, 0.6) is 5.88 Å².